The van der Waals surface area contributed by atoms with Gasteiger partial charge in [0, 0.05) is 10.9 Å². The molecule has 2 aromatic rings. The van der Waals surface area contributed by atoms with Gasteiger partial charge in [-0.15, -0.1) is 11.3 Å². The number of carboxylic acids is 1. The van der Waals surface area contributed by atoms with Gasteiger partial charge >= 0.3 is 5.97 Å². The Morgan fingerprint density at radius 2 is 2.11 bits per heavy atom. The molecule has 0 atom stereocenters. The van der Waals surface area contributed by atoms with Crippen molar-refractivity contribution in [3.8, 4) is 22.1 Å². The molecule has 0 bridgehead atoms. The standard InChI is InChI=1S/C13H11NO4S/c15-12(16)6-9-7-19-13(14-9)8-1-2-10-11(5-8)18-4-3-17-10/h1-2,5,7H,3-4,6H2,(H,15,16). The van der Waals surface area contributed by atoms with Crippen molar-refractivity contribution in [1.29, 1.82) is 0 Å². The first-order valence-corrected chi connectivity index (χ1v) is 6.66. The molecule has 1 aliphatic rings. The Morgan fingerprint density at radius 1 is 1.32 bits per heavy atom. The van der Waals surface area contributed by atoms with Crippen LogP contribution in [0.15, 0.2) is 23.6 Å². The topological polar surface area (TPSA) is 68.7 Å². The van der Waals surface area contributed by atoms with Crippen molar-refractivity contribution in [1.82, 2.24) is 4.98 Å². The summed E-state index contributed by atoms with van der Waals surface area (Å²) in [6.07, 6.45) is -0.0545. The monoisotopic (exact) mass is 277 g/mol. The minimum absolute atomic E-state index is 0.0545. The average molecular weight is 277 g/mol. The van der Waals surface area contributed by atoms with E-state index in [9.17, 15) is 4.79 Å². The molecule has 0 radical (unpaired) electrons. The fourth-order valence-corrected chi connectivity index (χ4v) is 2.67. The Kier molecular flexibility index (Phi) is 3.08. The van der Waals surface area contributed by atoms with E-state index < -0.39 is 5.97 Å². The first-order valence-electron chi connectivity index (χ1n) is 5.78. The lowest BCUT2D eigenvalue weighted by Crippen LogP contribution is -2.15. The number of aliphatic carboxylic acids is 1. The molecule has 1 N–H and O–H groups in total. The summed E-state index contributed by atoms with van der Waals surface area (Å²) in [7, 11) is 0. The molecule has 0 saturated heterocycles. The highest BCUT2D eigenvalue weighted by atomic mass is 32.1. The predicted octanol–water partition coefficient (Wildman–Crippen LogP) is 2.21. The van der Waals surface area contributed by atoms with Gasteiger partial charge in [0.1, 0.15) is 18.2 Å². The van der Waals surface area contributed by atoms with Crippen LogP contribution >= 0.6 is 11.3 Å². The molecule has 5 nitrogen and oxygen atoms in total. The third kappa shape index (κ3) is 2.53. The molecule has 0 fully saturated rings. The Balaban J connectivity index is 1.89. The van der Waals surface area contributed by atoms with Gasteiger partial charge in [-0.2, -0.15) is 0 Å². The van der Waals surface area contributed by atoms with Crippen LogP contribution in [0.1, 0.15) is 5.69 Å². The minimum Gasteiger partial charge on any atom is -0.486 e. The zero-order valence-electron chi connectivity index (χ0n) is 9.96. The molecular formula is C13H11NO4S. The number of carboxylic acid groups (broad SMARTS) is 1. The molecule has 0 aliphatic carbocycles. The van der Waals surface area contributed by atoms with E-state index in [1.165, 1.54) is 11.3 Å². The van der Waals surface area contributed by atoms with Crippen LogP contribution in [0.4, 0.5) is 0 Å². The van der Waals surface area contributed by atoms with Crippen molar-refractivity contribution in [3.05, 3.63) is 29.3 Å². The lowest BCUT2D eigenvalue weighted by Gasteiger charge is -2.18. The van der Waals surface area contributed by atoms with Gasteiger partial charge in [-0.05, 0) is 18.2 Å². The molecule has 3 rings (SSSR count). The van der Waals surface area contributed by atoms with Gasteiger partial charge in [0.2, 0.25) is 0 Å². The number of thiazole rings is 1. The van der Waals surface area contributed by atoms with Gasteiger partial charge in [0.05, 0.1) is 12.1 Å². The van der Waals surface area contributed by atoms with Crippen LogP contribution in [0.25, 0.3) is 10.6 Å². The van der Waals surface area contributed by atoms with Gasteiger partial charge in [0.25, 0.3) is 0 Å². The molecule has 2 heterocycles. The highest BCUT2D eigenvalue weighted by Gasteiger charge is 2.14. The van der Waals surface area contributed by atoms with E-state index in [1.54, 1.807) is 5.38 Å². The van der Waals surface area contributed by atoms with Gasteiger partial charge in [0.15, 0.2) is 11.5 Å². The fraction of sp³-hybridized carbons (Fsp3) is 0.231. The summed E-state index contributed by atoms with van der Waals surface area (Å²) in [6.45, 7) is 1.10. The van der Waals surface area contributed by atoms with Crippen LogP contribution in [0.5, 0.6) is 11.5 Å². The van der Waals surface area contributed by atoms with Crippen LogP contribution in [0, 0.1) is 0 Å². The number of benzene rings is 1. The van der Waals surface area contributed by atoms with Crippen molar-refractivity contribution in [2.24, 2.45) is 0 Å². The highest BCUT2D eigenvalue weighted by Crippen LogP contribution is 2.35. The Hall–Kier alpha value is -2.08. The molecule has 1 aromatic carbocycles. The highest BCUT2D eigenvalue weighted by molar-refractivity contribution is 7.13. The van der Waals surface area contributed by atoms with E-state index >= 15 is 0 Å². The summed E-state index contributed by atoms with van der Waals surface area (Å²) >= 11 is 1.42. The Labute approximate surface area is 113 Å². The predicted molar refractivity (Wildman–Crippen MR) is 69.9 cm³/mol. The molecule has 19 heavy (non-hydrogen) atoms. The van der Waals surface area contributed by atoms with Crippen LogP contribution in [0.3, 0.4) is 0 Å². The van der Waals surface area contributed by atoms with Gasteiger partial charge < -0.3 is 14.6 Å². The van der Waals surface area contributed by atoms with Crippen molar-refractivity contribution in [2.45, 2.75) is 6.42 Å². The van der Waals surface area contributed by atoms with Crippen molar-refractivity contribution in [2.75, 3.05) is 13.2 Å². The molecule has 98 valence electrons. The van der Waals surface area contributed by atoms with E-state index in [0.29, 0.717) is 24.7 Å². The molecule has 1 aliphatic heterocycles. The Bertz CT molecular complexity index is 623. The van der Waals surface area contributed by atoms with Gasteiger partial charge in [-0.25, -0.2) is 4.98 Å². The molecule has 0 amide bonds. The van der Waals surface area contributed by atoms with Crippen LogP contribution in [0.2, 0.25) is 0 Å². The summed E-state index contributed by atoms with van der Waals surface area (Å²) in [5.41, 5.74) is 1.48. The molecule has 0 saturated carbocycles. The zero-order chi connectivity index (χ0) is 13.2. The van der Waals surface area contributed by atoms with Crippen LogP contribution in [-0.2, 0) is 11.2 Å². The number of carbonyl (C=O) groups is 1. The third-order valence-electron chi connectivity index (χ3n) is 2.67. The SMILES string of the molecule is O=C(O)Cc1csc(-c2ccc3c(c2)OCCO3)n1. The molecule has 1 aromatic heterocycles. The summed E-state index contributed by atoms with van der Waals surface area (Å²) in [4.78, 5) is 14.9. The molecule has 6 heteroatoms. The first-order chi connectivity index (χ1) is 9.22. The number of ether oxygens (including phenoxy) is 2. The number of hydrogen-bond acceptors (Lipinski definition) is 5. The second-order valence-electron chi connectivity index (χ2n) is 4.07. The number of rotatable bonds is 3. The Morgan fingerprint density at radius 3 is 2.89 bits per heavy atom. The summed E-state index contributed by atoms with van der Waals surface area (Å²) < 4.78 is 11.0. The van der Waals surface area contributed by atoms with E-state index in [-0.39, 0.29) is 6.42 Å². The maximum Gasteiger partial charge on any atom is 0.309 e. The van der Waals surface area contributed by atoms with Crippen molar-refractivity contribution >= 4 is 17.3 Å². The fourth-order valence-electron chi connectivity index (χ4n) is 1.85. The van der Waals surface area contributed by atoms with E-state index in [2.05, 4.69) is 4.98 Å². The van der Waals surface area contributed by atoms with E-state index in [4.69, 9.17) is 14.6 Å². The van der Waals surface area contributed by atoms with Crippen LogP contribution < -0.4 is 9.47 Å². The van der Waals surface area contributed by atoms with Gasteiger partial charge in [-0.1, -0.05) is 0 Å². The smallest absolute Gasteiger partial charge is 0.309 e. The van der Waals surface area contributed by atoms with Crippen LogP contribution in [-0.4, -0.2) is 29.3 Å². The van der Waals surface area contributed by atoms with Gasteiger partial charge in [-0.3, -0.25) is 4.79 Å². The number of aromatic nitrogens is 1. The third-order valence-corrected chi connectivity index (χ3v) is 3.61. The van der Waals surface area contributed by atoms with Crippen molar-refractivity contribution in [3.63, 3.8) is 0 Å². The lowest BCUT2D eigenvalue weighted by atomic mass is 10.2. The number of hydrogen-bond donors (Lipinski definition) is 1. The van der Waals surface area contributed by atoms with E-state index in [1.807, 2.05) is 18.2 Å². The second kappa shape index (κ2) is 4.89. The normalized spacial score (nSPS) is 13.3. The van der Waals surface area contributed by atoms with E-state index in [0.717, 1.165) is 16.3 Å². The summed E-state index contributed by atoms with van der Waals surface area (Å²) in [6, 6.07) is 5.62. The minimum atomic E-state index is -0.876. The maximum absolute atomic E-state index is 10.6. The lowest BCUT2D eigenvalue weighted by molar-refractivity contribution is -0.136. The molecule has 0 unspecified atom stereocenters. The summed E-state index contributed by atoms with van der Waals surface area (Å²) in [5, 5.41) is 11.3. The zero-order valence-corrected chi connectivity index (χ0v) is 10.8. The average Bonchev–Trinajstić information content (AvgIpc) is 2.86. The quantitative estimate of drug-likeness (QED) is 0.931. The maximum atomic E-state index is 10.6. The van der Waals surface area contributed by atoms with Crippen molar-refractivity contribution < 1.29 is 19.4 Å². The molecule has 0 spiro atoms. The number of fused-ring (bicyclic) bond motifs is 1. The number of nitrogens with zero attached hydrogens (tertiary/aromatic N) is 1. The largest absolute Gasteiger partial charge is 0.486 e. The first kappa shape index (κ1) is 12.0. The molecular weight excluding hydrogens is 266 g/mol. The summed E-state index contributed by atoms with van der Waals surface area (Å²) in [5.74, 6) is 0.565. The second-order valence-corrected chi connectivity index (χ2v) is 4.93.